The largest absolute Gasteiger partial charge is 0.399 e. The number of anilines is 1. The molecule has 3 N–H and O–H groups in total. The van der Waals surface area contributed by atoms with Gasteiger partial charge in [0.25, 0.3) is 0 Å². The Balaban J connectivity index is 2.19. The Hall–Kier alpha value is -1.56. The van der Waals surface area contributed by atoms with Crippen molar-refractivity contribution in [3.05, 3.63) is 58.6 Å². The lowest BCUT2D eigenvalue weighted by molar-refractivity contribution is 0.580. The van der Waals surface area contributed by atoms with Gasteiger partial charge in [-0.05, 0) is 48.4 Å². The summed E-state index contributed by atoms with van der Waals surface area (Å²) in [6, 6.07) is 11.8. The number of nitrogens with one attached hydrogen (secondary N) is 1. The monoisotopic (exact) mass is 310 g/mol. The van der Waals surface area contributed by atoms with E-state index in [9.17, 15) is 8.42 Å². The maximum absolute atomic E-state index is 12.2. The molecule has 0 aliphatic carbocycles. The molecule has 0 bridgehead atoms. The van der Waals surface area contributed by atoms with E-state index in [0.717, 1.165) is 5.56 Å². The van der Waals surface area contributed by atoms with Gasteiger partial charge in [0.05, 0.1) is 4.90 Å². The minimum Gasteiger partial charge on any atom is -0.399 e. The number of halogens is 1. The van der Waals surface area contributed by atoms with Crippen LogP contribution in [0.1, 0.15) is 11.1 Å². The van der Waals surface area contributed by atoms with E-state index < -0.39 is 10.0 Å². The van der Waals surface area contributed by atoms with Gasteiger partial charge in [0, 0.05) is 17.3 Å². The van der Waals surface area contributed by atoms with E-state index in [1.807, 2.05) is 6.07 Å². The van der Waals surface area contributed by atoms with Crippen LogP contribution in [0.5, 0.6) is 0 Å². The molecule has 0 heterocycles. The number of hydrogen-bond donors (Lipinski definition) is 2. The normalized spacial score (nSPS) is 11.5. The second kappa shape index (κ2) is 5.83. The van der Waals surface area contributed by atoms with Gasteiger partial charge in [-0.1, -0.05) is 23.7 Å². The molecule has 0 aromatic heterocycles. The lowest BCUT2D eigenvalue weighted by Gasteiger charge is -2.10. The molecule has 2 aromatic rings. The molecule has 0 atom stereocenters. The fourth-order valence-electron chi connectivity index (χ4n) is 1.87. The summed E-state index contributed by atoms with van der Waals surface area (Å²) in [5, 5.41) is 0.511. The summed E-state index contributed by atoms with van der Waals surface area (Å²) in [5.74, 6) is 0. The Morgan fingerprint density at radius 3 is 2.60 bits per heavy atom. The van der Waals surface area contributed by atoms with Gasteiger partial charge in [0.1, 0.15) is 0 Å². The minimum absolute atomic E-state index is 0.190. The average molecular weight is 311 g/mol. The van der Waals surface area contributed by atoms with Gasteiger partial charge in [-0.3, -0.25) is 0 Å². The van der Waals surface area contributed by atoms with Crippen molar-refractivity contribution in [1.29, 1.82) is 0 Å². The van der Waals surface area contributed by atoms with E-state index in [1.165, 1.54) is 6.07 Å². The molecule has 0 amide bonds. The average Bonchev–Trinajstić information content (AvgIpc) is 2.36. The molecule has 2 aromatic carbocycles. The van der Waals surface area contributed by atoms with Crippen LogP contribution in [0.3, 0.4) is 0 Å². The molecule has 0 unspecified atom stereocenters. The van der Waals surface area contributed by atoms with Crippen molar-refractivity contribution >= 4 is 27.3 Å². The van der Waals surface area contributed by atoms with Crippen molar-refractivity contribution in [2.75, 3.05) is 5.73 Å². The molecule has 4 nitrogen and oxygen atoms in total. The van der Waals surface area contributed by atoms with Gasteiger partial charge in [-0.15, -0.1) is 0 Å². The first kappa shape index (κ1) is 14.8. The third-order valence-corrected chi connectivity index (χ3v) is 4.64. The number of benzene rings is 2. The van der Waals surface area contributed by atoms with E-state index in [2.05, 4.69) is 4.72 Å². The topological polar surface area (TPSA) is 72.2 Å². The standard InChI is InChI=1S/C14H15ClN2O2S/c1-10-7-12(15)5-6-14(10)20(18,19)17-9-11-3-2-4-13(16)8-11/h2-8,17H,9,16H2,1H3. The molecule has 0 radical (unpaired) electrons. The van der Waals surface area contributed by atoms with Crippen LogP contribution in [0.15, 0.2) is 47.4 Å². The summed E-state index contributed by atoms with van der Waals surface area (Å²) in [7, 11) is -3.57. The Morgan fingerprint density at radius 1 is 1.20 bits per heavy atom. The summed E-state index contributed by atoms with van der Waals surface area (Å²) < 4.78 is 27.0. The van der Waals surface area contributed by atoms with Gasteiger partial charge in [0.15, 0.2) is 0 Å². The van der Waals surface area contributed by atoms with Crippen LogP contribution in [-0.4, -0.2) is 8.42 Å². The first-order valence-electron chi connectivity index (χ1n) is 5.99. The van der Waals surface area contributed by atoms with Gasteiger partial charge < -0.3 is 5.73 Å². The van der Waals surface area contributed by atoms with E-state index in [0.29, 0.717) is 16.3 Å². The number of rotatable bonds is 4. The summed E-state index contributed by atoms with van der Waals surface area (Å²) in [6.45, 7) is 1.90. The lowest BCUT2D eigenvalue weighted by atomic mass is 10.2. The summed E-state index contributed by atoms with van der Waals surface area (Å²) in [4.78, 5) is 0.228. The van der Waals surface area contributed by atoms with Crippen LogP contribution >= 0.6 is 11.6 Å². The molecule has 0 saturated carbocycles. The Morgan fingerprint density at radius 2 is 1.95 bits per heavy atom. The van der Waals surface area contributed by atoms with E-state index in [1.54, 1.807) is 37.3 Å². The highest BCUT2D eigenvalue weighted by molar-refractivity contribution is 7.89. The van der Waals surface area contributed by atoms with Crippen LogP contribution in [0, 0.1) is 6.92 Å². The van der Waals surface area contributed by atoms with E-state index in [4.69, 9.17) is 17.3 Å². The molecule has 106 valence electrons. The first-order valence-corrected chi connectivity index (χ1v) is 7.85. The molecule has 2 rings (SSSR count). The third kappa shape index (κ3) is 3.50. The molecule has 0 saturated heterocycles. The maximum atomic E-state index is 12.2. The molecule has 0 spiro atoms. The van der Waals surface area contributed by atoms with Crippen molar-refractivity contribution in [3.63, 3.8) is 0 Å². The lowest BCUT2D eigenvalue weighted by Crippen LogP contribution is -2.24. The van der Waals surface area contributed by atoms with Crippen LogP contribution in [0.25, 0.3) is 0 Å². The molecule has 6 heteroatoms. The molecule has 0 aliphatic heterocycles. The number of nitrogen functional groups attached to an aromatic ring is 1. The van der Waals surface area contributed by atoms with Crippen molar-refractivity contribution < 1.29 is 8.42 Å². The zero-order valence-corrected chi connectivity index (χ0v) is 12.5. The van der Waals surface area contributed by atoms with Gasteiger partial charge >= 0.3 is 0 Å². The van der Waals surface area contributed by atoms with Gasteiger partial charge in [0.2, 0.25) is 10.0 Å². The number of hydrogen-bond acceptors (Lipinski definition) is 3. The van der Waals surface area contributed by atoms with Crippen molar-refractivity contribution in [1.82, 2.24) is 4.72 Å². The van der Waals surface area contributed by atoms with Crippen LogP contribution in [-0.2, 0) is 16.6 Å². The zero-order chi connectivity index (χ0) is 14.8. The highest BCUT2D eigenvalue weighted by atomic mass is 35.5. The van der Waals surface area contributed by atoms with Gasteiger partial charge in [-0.25, -0.2) is 13.1 Å². The Labute approximate surface area is 123 Å². The van der Waals surface area contributed by atoms with Crippen molar-refractivity contribution in [2.45, 2.75) is 18.4 Å². The highest BCUT2D eigenvalue weighted by Crippen LogP contribution is 2.19. The first-order chi connectivity index (χ1) is 9.38. The van der Waals surface area contributed by atoms with E-state index >= 15 is 0 Å². The number of sulfonamides is 1. The summed E-state index contributed by atoms with van der Waals surface area (Å²) >= 11 is 5.83. The minimum atomic E-state index is -3.57. The van der Waals surface area contributed by atoms with Crippen LogP contribution in [0.2, 0.25) is 5.02 Å². The van der Waals surface area contributed by atoms with Crippen LogP contribution in [0.4, 0.5) is 5.69 Å². The second-order valence-electron chi connectivity index (χ2n) is 4.48. The molecule has 20 heavy (non-hydrogen) atoms. The fourth-order valence-corrected chi connectivity index (χ4v) is 3.34. The SMILES string of the molecule is Cc1cc(Cl)ccc1S(=O)(=O)NCc1cccc(N)c1. The summed E-state index contributed by atoms with van der Waals surface area (Å²) in [5.41, 5.74) is 7.67. The fraction of sp³-hybridized carbons (Fsp3) is 0.143. The zero-order valence-electron chi connectivity index (χ0n) is 10.9. The Bertz CT molecular complexity index is 730. The predicted octanol–water partition coefficient (Wildman–Crippen LogP) is 2.71. The second-order valence-corrected chi connectivity index (χ2v) is 6.65. The third-order valence-electron chi connectivity index (χ3n) is 2.84. The van der Waals surface area contributed by atoms with Gasteiger partial charge in [-0.2, -0.15) is 0 Å². The predicted molar refractivity (Wildman–Crippen MR) is 81.1 cm³/mol. The molecule has 0 fully saturated rings. The van der Waals surface area contributed by atoms with Crippen molar-refractivity contribution in [2.24, 2.45) is 0 Å². The molecular formula is C14H15ClN2O2S. The maximum Gasteiger partial charge on any atom is 0.241 e. The highest BCUT2D eigenvalue weighted by Gasteiger charge is 2.16. The number of aryl methyl sites for hydroxylation is 1. The van der Waals surface area contributed by atoms with Crippen molar-refractivity contribution in [3.8, 4) is 0 Å². The van der Waals surface area contributed by atoms with Crippen LogP contribution < -0.4 is 10.5 Å². The number of nitrogens with two attached hydrogens (primary N) is 1. The Kier molecular flexibility index (Phi) is 4.32. The molecular weight excluding hydrogens is 296 g/mol. The molecule has 0 aliphatic rings. The smallest absolute Gasteiger partial charge is 0.241 e. The quantitative estimate of drug-likeness (QED) is 0.853. The summed E-state index contributed by atoms with van der Waals surface area (Å²) in [6.07, 6.45) is 0. The van der Waals surface area contributed by atoms with E-state index in [-0.39, 0.29) is 11.4 Å².